The summed E-state index contributed by atoms with van der Waals surface area (Å²) < 4.78 is 49.9. The van der Waals surface area contributed by atoms with Crippen molar-refractivity contribution in [3.63, 3.8) is 0 Å². The Morgan fingerprint density at radius 1 is 0.976 bits per heavy atom. The molecule has 0 spiro atoms. The van der Waals surface area contributed by atoms with Gasteiger partial charge < -0.3 is 15.0 Å². The van der Waals surface area contributed by atoms with E-state index < -0.39 is 20.9 Å². The lowest BCUT2D eigenvalue weighted by Crippen LogP contribution is -2.36. The van der Waals surface area contributed by atoms with Crippen LogP contribution in [0.4, 0.5) is 5.69 Å². The first-order chi connectivity index (χ1) is 20.2. The topological polar surface area (TPSA) is 190 Å². The van der Waals surface area contributed by atoms with Gasteiger partial charge in [0.15, 0.2) is 0 Å². The second-order valence-corrected chi connectivity index (χ2v) is 12.1. The number of hydrogen-bond acceptors (Lipinski definition) is 13. The quantitative estimate of drug-likeness (QED) is 0.0669. The van der Waals surface area contributed by atoms with E-state index in [1.54, 1.807) is 24.3 Å². The zero-order valence-corrected chi connectivity index (χ0v) is 24.2. The highest BCUT2D eigenvalue weighted by molar-refractivity contribution is 7.95. The molecular formula is C25H24N2O12S3. The number of anilines is 1. The van der Waals surface area contributed by atoms with Crippen molar-refractivity contribution in [2.75, 3.05) is 31.7 Å². The summed E-state index contributed by atoms with van der Waals surface area (Å²) in [4.78, 5) is 27.5. The van der Waals surface area contributed by atoms with Crippen LogP contribution in [0.1, 0.15) is 12.8 Å². The summed E-state index contributed by atoms with van der Waals surface area (Å²) in [6.45, 7) is 0.134. The number of amides is 2. The monoisotopic (exact) mass is 640 g/mol. The number of benzene rings is 4. The highest BCUT2D eigenvalue weighted by atomic mass is 32.2. The Morgan fingerprint density at radius 3 is 2.19 bits per heavy atom. The fourth-order valence-electron chi connectivity index (χ4n) is 5.30. The standard InChI is InChI=1S/C25H24N2O12S3/c1-26-25(29)13-6-8-27(22(28)12-35-9-7-13)18-10-19(40-38-36-30)15-3-4-16-20(41-39-37-31)11-21(42(32,33)34)17-5-2-14(18)23(15)24(16)17/h2-5,10-11,13,30-31H,6-9,12H2,1H3,(H,26,29)(H,32,33,34). The molecule has 0 aromatic heterocycles. The Bertz CT molecular complexity index is 1750. The lowest BCUT2D eigenvalue weighted by Gasteiger charge is -2.27. The van der Waals surface area contributed by atoms with Crippen LogP contribution in [0, 0.1) is 5.92 Å². The molecule has 1 heterocycles. The molecule has 1 aliphatic heterocycles. The van der Waals surface area contributed by atoms with E-state index in [-0.39, 0.29) is 41.9 Å². The third-order valence-corrected chi connectivity index (χ3v) is 9.28. The van der Waals surface area contributed by atoms with E-state index in [4.69, 9.17) is 19.6 Å². The van der Waals surface area contributed by atoms with Crippen LogP contribution in [0.5, 0.6) is 0 Å². The summed E-state index contributed by atoms with van der Waals surface area (Å²) >= 11 is 1.16. The van der Waals surface area contributed by atoms with Gasteiger partial charge in [0.25, 0.3) is 16.0 Å². The van der Waals surface area contributed by atoms with Gasteiger partial charge in [0.05, 0.1) is 29.8 Å². The molecule has 1 unspecified atom stereocenters. The van der Waals surface area contributed by atoms with Crippen molar-refractivity contribution in [1.29, 1.82) is 0 Å². The molecule has 1 saturated heterocycles. The number of ether oxygens (including phenoxy) is 1. The average molecular weight is 641 g/mol. The molecule has 4 N–H and O–H groups in total. The normalized spacial score (nSPS) is 17.1. The molecule has 1 atom stereocenters. The van der Waals surface area contributed by atoms with Gasteiger partial charge in [-0.15, -0.1) is 8.67 Å². The third-order valence-electron chi connectivity index (χ3n) is 7.10. The summed E-state index contributed by atoms with van der Waals surface area (Å²) in [5.41, 5.74) is 0.397. The van der Waals surface area contributed by atoms with Gasteiger partial charge in [-0.1, -0.05) is 34.3 Å². The molecule has 0 saturated carbocycles. The molecule has 224 valence electrons. The van der Waals surface area contributed by atoms with Crippen LogP contribution in [-0.4, -0.2) is 62.1 Å². The van der Waals surface area contributed by atoms with Gasteiger partial charge in [0.2, 0.25) is 5.91 Å². The van der Waals surface area contributed by atoms with Crippen LogP contribution >= 0.6 is 24.1 Å². The van der Waals surface area contributed by atoms with Crippen LogP contribution in [0.25, 0.3) is 32.3 Å². The minimum Gasteiger partial charge on any atom is -0.372 e. The summed E-state index contributed by atoms with van der Waals surface area (Å²) in [6.07, 6.45) is 0.766. The Hall–Kier alpha value is -2.81. The van der Waals surface area contributed by atoms with E-state index in [0.29, 0.717) is 74.4 Å². The molecule has 4 aromatic carbocycles. The van der Waals surface area contributed by atoms with Crippen LogP contribution < -0.4 is 10.2 Å². The van der Waals surface area contributed by atoms with Crippen molar-refractivity contribution in [2.24, 2.45) is 5.92 Å². The molecule has 1 aliphatic rings. The number of nitrogens with zero attached hydrogens (tertiary/aromatic N) is 1. The Labute approximate surface area is 247 Å². The van der Waals surface area contributed by atoms with Crippen molar-refractivity contribution >= 4 is 84.0 Å². The zero-order chi connectivity index (χ0) is 30.0. The van der Waals surface area contributed by atoms with Crippen molar-refractivity contribution in [3.8, 4) is 0 Å². The van der Waals surface area contributed by atoms with Gasteiger partial charge >= 0.3 is 0 Å². The lowest BCUT2D eigenvalue weighted by atomic mass is 9.92. The summed E-state index contributed by atoms with van der Waals surface area (Å²) in [5, 5.41) is 30.4. The van der Waals surface area contributed by atoms with Gasteiger partial charge in [-0.2, -0.15) is 8.42 Å². The number of carbonyl (C=O) groups excluding carboxylic acids is 2. The van der Waals surface area contributed by atoms with Crippen molar-refractivity contribution in [1.82, 2.24) is 5.32 Å². The van der Waals surface area contributed by atoms with E-state index >= 15 is 0 Å². The number of nitrogens with one attached hydrogen (secondary N) is 1. The van der Waals surface area contributed by atoms with Gasteiger partial charge in [0, 0.05) is 57.5 Å². The molecular weight excluding hydrogens is 616 g/mol. The van der Waals surface area contributed by atoms with Crippen molar-refractivity contribution < 1.29 is 56.6 Å². The minimum atomic E-state index is -4.74. The highest BCUT2D eigenvalue weighted by Gasteiger charge is 2.28. The number of carbonyl (C=O) groups is 2. The maximum Gasteiger partial charge on any atom is 0.295 e. The van der Waals surface area contributed by atoms with Gasteiger partial charge in [-0.25, -0.2) is 10.5 Å². The Kier molecular flexibility index (Phi) is 9.35. The SMILES string of the molecule is CNC(=O)C1CCOCC(=O)N(c2cc(SOOO)c3ccc4c(SOOO)cc(S(=O)(=O)O)c5ccc2c3c45)CC1. The van der Waals surface area contributed by atoms with Crippen molar-refractivity contribution in [2.45, 2.75) is 27.5 Å². The van der Waals surface area contributed by atoms with Crippen molar-refractivity contribution in [3.05, 3.63) is 36.4 Å². The molecule has 2 amide bonds. The maximum absolute atomic E-state index is 13.4. The Balaban J connectivity index is 1.82. The van der Waals surface area contributed by atoms with Gasteiger partial charge in [-0.3, -0.25) is 14.1 Å². The smallest absolute Gasteiger partial charge is 0.295 e. The molecule has 0 aliphatic carbocycles. The predicted octanol–water partition coefficient (Wildman–Crippen LogP) is 4.19. The largest absolute Gasteiger partial charge is 0.372 e. The second-order valence-electron chi connectivity index (χ2n) is 9.25. The lowest BCUT2D eigenvalue weighted by molar-refractivity contribution is -0.432. The molecule has 17 heteroatoms. The number of hydrogen-bond donors (Lipinski definition) is 4. The second kappa shape index (κ2) is 12.8. The fourth-order valence-corrected chi connectivity index (χ4v) is 7.14. The van der Waals surface area contributed by atoms with Crippen LogP contribution in [0.2, 0.25) is 0 Å². The molecule has 0 radical (unpaired) electrons. The van der Waals surface area contributed by atoms with Crippen LogP contribution in [-0.2, 0) is 43.2 Å². The molecule has 42 heavy (non-hydrogen) atoms. The fraction of sp³-hybridized carbons (Fsp3) is 0.280. The first-order valence-corrected chi connectivity index (χ1v) is 15.3. The molecule has 1 fully saturated rings. The van der Waals surface area contributed by atoms with Gasteiger partial charge in [0.1, 0.15) is 11.5 Å². The van der Waals surface area contributed by atoms with E-state index in [1.165, 1.54) is 24.1 Å². The predicted molar refractivity (Wildman–Crippen MR) is 151 cm³/mol. The maximum atomic E-state index is 13.4. The molecule has 4 aromatic rings. The van der Waals surface area contributed by atoms with E-state index in [2.05, 4.69) is 19.7 Å². The minimum absolute atomic E-state index is 0.158. The number of rotatable bonds is 9. The van der Waals surface area contributed by atoms with Crippen LogP contribution in [0.3, 0.4) is 0 Å². The van der Waals surface area contributed by atoms with E-state index in [1.807, 2.05) is 0 Å². The summed E-state index contributed by atoms with van der Waals surface area (Å²) in [6, 6.07) is 9.35. The Morgan fingerprint density at radius 2 is 1.57 bits per heavy atom. The van der Waals surface area contributed by atoms with Crippen LogP contribution in [0.15, 0.2) is 51.1 Å². The molecule has 0 bridgehead atoms. The molecule has 14 nitrogen and oxygen atoms in total. The van der Waals surface area contributed by atoms with E-state index in [9.17, 15) is 22.6 Å². The van der Waals surface area contributed by atoms with Gasteiger partial charge in [-0.05, 0) is 35.7 Å². The average Bonchev–Trinajstić information content (AvgIpc) is 3.07. The van der Waals surface area contributed by atoms with E-state index in [0.717, 1.165) is 0 Å². The first-order valence-electron chi connectivity index (χ1n) is 12.3. The first kappa shape index (κ1) is 30.6. The third kappa shape index (κ3) is 5.86. The summed E-state index contributed by atoms with van der Waals surface area (Å²) in [5.74, 6) is -0.958. The summed E-state index contributed by atoms with van der Waals surface area (Å²) in [7, 11) is -3.20. The highest BCUT2D eigenvalue weighted by Crippen LogP contribution is 2.47. The zero-order valence-electron chi connectivity index (χ0n) is 21.8. The molecule has 5 rings (SSSR count).